The first-order chi connectivity index (χ1) is 16.3. The molecule has 3 aromatic rings. The molecule has 10 heteroatoms. The number of nitro groups is 1. The van der Waals surface area contributed by atoms with E-state index in [1.807, 2.05) is 0 Å². The third-order valence-corrected chi connectivity index (χ3v) is 5.97. The molecule has 1 fully saturated rings. The highest BCUT2D eigenvalue weighted by Crippen LogP contribution is 2.34. The lowest BCUT2D eigenvalue weighted by molar-refractivity contribution is -0.384. The molecule has 0 unspecified atom stereocenters. The summed E-state index contributed by atoms with van der Waals surface area (Å²) in [6.45, 7) is -0.00124. The van der Waals surface area contributed by atoms with E-state index in [0.29, 0.717) is 21.7 Å². The molecule has 4 rings (SSSR count). The van der Waals surface area contributed by atoms with Gasteiger partial charge in [0.2, 0.25) is 0 Å². The highest BCUT2D eigenvalue weighted by molar-refractivity contribution is 8.18. The van der Waals surface area contributed by atoms with Crippen molar-refractivity contribution in [3.8, 4) is 5.75 Å². The summed E-state index contributed by atoms with van der Waals surface area (Å²) in [5.41, 5.74) is 1.42. The van der Waals surface area contributed by atoms with Crippen LogP contribution in [0.2, 0.25) is 5.02 Å². The van der Waals surface area contributed by atoms with Crippen LogP contribution in [0.5, 0.6) is 5.75 Å². The number of non-ortho nitro benzene ring substituents is 1. The number of benzene rings is 3. The zero-order valence-electron chi connectivity index (χ0n) is 17.3. The van der Waals surface area contributed by atoms with Gasteiger partial charge in [0.1, 0.15) is 5.75 Å². The second kappa shape index (κ2) is 9.90. The smallest absolute Gasteiger partial charge is 0.343 e. The van der Waals surface area contributed by atoms with E-state index in [1.54, 1.807) is 54.6 Å². The van der Waals surface area contributed by atoms with E-state index < -0.39 is 22.0 Å². The molecule has 0 bridgehead atoms. The molecule has 0 aliphatic carbocycles. The molecular weight excluding hydrogens is 480 g/mol. The van der Waals surface area contributed by atoms with Gasteiger partial charge >= 0.3 is 5.97 Å². The lowest BCUT2D eigenvalue weighted by Gasteiger charge is -2.12. The van der Waals surface area contributed by atoms with E-state index in [-0.39, 0.29) is 22.9 Å². The molecule has 1 heterocycles. The zero-order chi connectivity index (χ0) is 24.2. The van der Waals surface area contributed by atoms with Gasteiger partial charge in [0.25, 0.3) is 16.8 Å². The fourth-order valence-corrected chi connectivity index (χ4v) is 4.08. The predicted octanol–water partition coefficient (Wildman–Crippen LogP) is 5.70. The Balaban J connectivity index is 1.47. The number of thioether (sulfide) groups is 1. The number of nitrogens with zero attached hydrogens (tertiary/aromatic N) is 2. The number of hydrogen-bond acceptors (Lipinski definition) is 7. The summed E-state index contributed by atoms with van der Waals surface area (Å²) in [5.74, 6) is -0.757. The molecule has 1 aliphatic heterocycles. The van der Waals surface area contributed by atoms with E-state index in [9.17, 15) is 24.5 Å². The normalized spacial score (nSPS) is 14.5. The van der Waals surface area contributed by atoms with E-state index in [1.165, 1.54) is 24.3 Å². The summed E-state index contributed by atoms with van der Waals surface area (Å²) in [5, 5.41) is 10.8. The lowest BCUT2D eigenvalue weighted by atomic mass is 10.1. The SMILES string of the molecule is O=C(Oc1cccc(/C=C2\SC(=O)N(Cc3ccc([N+](=O)[O-])cc3)C2=O)c1)c1ccc(Cl)cc1. The molecule has 0 N–H and O–H groups in total. The number of halogens is 1. The quantitative estimate of drug-likeness (QED) is 0.142. The van der Waals surface area contributed by atoms with E-state index in [2.05, 4.69) is 0 Å². The number of rotatable bonds is 6. The highest BCUT2D eigenvalue weighted by atomic mass is 35.5. The van der Waals surface area contributed by atoms with Gasteiger partial charge in [-0.25, -0.2) is 4.79 Å². The van der Waals surface area contributed by atoms with Crippen LogP contribution in [0.3, 0.4) is 0 Å². The Morgan fingerprint density at radius 1 is 1.06 bits per heavy atom. The molecular formula is C24H15ClN2O6S. The second-order valence-corrected chi connectivity index (χ2v) is 8.59. The fourth-order valence-electron chi connectivity index (χ4n) is 3.11. The summed E-state index contributed by atoms with van der Waals surface area (Å²) in [4.78, 5) is 49.1. The van der Waals surface area contributed by atoms with Gasteiger partial charge in [-0.3, -0.25) is 24.6 Å². The predicted molar refractivity (Wildman–Crippen MR) is 127 cm³/mol. The van der Waals surface area contributed by atoms with Crippen LogP contribution >= 0.6 is 23.4 Å². The summed E-state index contributed by atoms with van der Waals surface area (Å²) < 4.78 is 5.39. The molecule has 1 saturated heterocycles. The summed E-state index contributed by atoms with van der Waals surface area (Å²) in [6, 6.07) is 18.5. The number of imide groups is 1. The van der Waals surface area contributed by atoms with Crippen molar-refractivity contribution in [1.82, 2.24) is 4.90 Å². The Morgan fingerprint density at radius 3 is 2.44 bits per heavy atom. The van der Waals surface area contributed by atoms with Crippen molar-refractivity contribution >= 4 is 52.2 Å². The minimum atomic E-state index is -0.558. The van der Waals surface area contributed by atoms with Crippen molar-refractivity contribution in [2.75, 3.05) is 0 Å². The average molecular weight is 495 g/mol. The third kappa shape index (κ3) is 5.33. The monoisotopic (exact) mass is 494 g/mol. The van der Waals surface area contributed by atoms with E-state index >= 15 is 0 Å². The van der Waals surface area contributed by atoms with Crippen molar-refractivity contribution in [2.24, 2.45) is 0 Å². The third-order valence-electron chi connectivity index (χ3n) is 4.81. The molecule has 0 saturated carbocycles. The lowest BCUT2D eigenvalue weighted by Crippen LogP contribution is -2.27. The van der Waals surface area contributed by atoms with Crippen LogP contribution in [0.4, 0.5) is 10.5 Å². The highest BCUT2D eigenvalue weighted by Gasteiger charge is 2.35. The van der Waals surface area contributed by atoms with Crippen LogP contribution in [0.15, 0.2) is 77.7 Å². The maximum Gasteiger partial charge on any atom is 0.343 e. The maximum atomic E-state index is 12.8. The van der Waals surface area contributed by atoms with Crippen LogP contribution < -0.4 is 4.74 Å². The van der Waals surface area contributed by atoms with Crippen molar-refractivity contribution in [2.45, 2.75) is 6.54 Å². The molecule has 0 radical (unpaired) electrons. The Hall–Kier alpha value is -3.95. The van der Waals surface area contributed by atoms with Crippen molar-refractivity contribution in [1.29, 1.82) is 0 Å². The van der Waals surface area contributed by atoms with Gasteiger partial charge in [-0.2, -0.15) is 0 Å². The molecule has 8 nitrogen and oxygen atoms in total. The largest absolute Gasteiger partial charge is 0.423 e. The Labute approximate surface area is 202 Å². The van der Waals surface area contributed by atoms with Gasteiger partial charge in [-0.15, -0.1) is 0 Å². The molecule has 2 amide bonds. The van der Waals surface area contributed by atoms with Crippen molar-refractivity contribution < 1.29 is 24.0 Å². The Bertz CT molecular complexity index is 1320. The first-order valence-corrected chi connectivity index (χ1v) is 11.1. The van der Waals surface area contributed by atoms with Gasteiger partial charge in [0.15, 0.2) is 0 Å². The molecule has 0 atom stereocenters. The molecule has 170 valence electrons. The molecule has 1 aliphatic rings. The number of hydrogen-bond donors (Lipinski definition) is 0. The molecule has 34 heavy (non-hydrogen) atoms. The van der Waals surface area contributed by atoms with Gasteiger partial charge in [0, 0.05) is 17.2 Å². The van der Waals surface area contributed by atoms with Crippen LogP contribution in [0.25, 0.3) is 6.08 Å². The number of nitro benzene ring substituents is 1. The summed E-state index contributed by atoms with van der Waals surface area (Å²) in [6.07, 6.45) is 1.54. The van der Waals surface area contributed by atoms with Crippen LogP contribution in [-0.4, -0.2) is 26.9 Å². The topological polar surface area (TPSA) is 107 Å². The number of esters is 1. The van der Waals surface area contributed by atoms with Crippen molar-refractivity contribution in [3.63, 3.8) is 0 Å². The second-order valence-electron chi connectivity index (χ2n) is 7.16. The molecule has 0 aromatic heterocycles. The number of ether oxygens (including phenoxy) is 1. The summed E-state index contributed by atoms with van der Waals surface area (Å²) in [7, 11) is 0. The number of carbonyl (C=O) groups excluding carboxylic acids is 3. The fraction of sp³-hybridized carbons (Fsp3) is 0.0417. The maximum absolute atomic E-state index is 12.8. The minimum absolute atomic E-state index is 0.00124. The van der Waals surface area contributed by atoms with Gasteiger partial charge < -0.3 is 4.74 Å². The Kier molecular flexibility index (Phi) is 6.76. The van der Waals surface area contributed by atoms with E-state index in [0.717, 1.165) is 16.7 Å². The number of carbonyl (C=O) groups is 3. The zero-order valence-corrected chi connectivity index (χ0v) is 18.9. The van der Waals surface area contributed by atoms with Gasteiger partial charge in [-0.1, -0.05) is 35.9 Å². The van der Waals surface area contributed by atoms with Gasteiger partial charge in [-0.05, 0) is 65.4 Å². The van der Waals surface area contributed by atoms with Crippen molar-refractivity contribution in [3.05, 3.63) is 110 Å². The number of amides is 2. The van der Waals surface area contributed by atoms with Gasteiger partial charge in [0.05, 0.1) is 21.9 Å². The first kappa shape index (κ1) is 23.2. The first-order valence-electron chi connectivity index (χ1n) is 9.87. The minimum Gasteiger partial charge on any atom is -0.423 e. The molecule has 3 aromatic carbocycles. The summed E-state index contributed by atoms with van der Waals surface area (Å²) >= 11 is 6.63. The standard InChI is InChI=1S/C24H15ClN2O6S/c25-18-8-6-17(7-9-18)23(29)33-20-3-1-2-16(12-20)13-21-22(28)26(24(30)34-21)14-15-4-10-19(11-5-15)27(31)32/h1-13H,14H2/b21-13-. The Morgan fingerprint density at radius 2 is 1.76 bits per heavy atom. The van der Waals surface area contributed by atoms with Crippen LogP contribution in [0, 0.1) is 10.1 Å². The molecule has 0 spiro atoms. The van der Waals surface area contributed by atoms with Crippen LogP contribution in [0.1, 0.15) is 21.5 Å². The van der Waals surface area contributed by atoms with Crippen LogP contribution in [-0.2, 0) is 11.3 Å². The van der Waals surface area contributed by atoms with E-state index in [4.69, 9.17) is 16.3 Å². The average Bonchev–Trinajstić information content (AvgIpc) is 3.07.